The van der Waals surface area contributed by atoms with Crippen LogP contribution in [-0.2, 0) is 0 Å². The molecule has 9 heteroatoms. The van der Waals surface area contributed by atoms with Crippen molar-refractivity contribution in [3.63, 3.8) is 0 Å². The van der Waals surface area contributed by atoms with Gasteiger partial charge < -0.3 is 10.4 Å². The molecule has 3 aromatic rings. The van der Waals surface area contributed by atoms with Crippen molar-refractivity contribution in [2.24, 2.45) is 5.10 Å². The summed E-state index contributed by atoms with van der Waals surface area (Å²) in [4.78, 5) is 34.8. The molecular formula is C22H18N4O5. The number of rotatable bonds is 6. The molecule has 0 unspecified atom stereocenters. The van der Waals surface area contributed by atoms with Gasteiger partial charge in [0, 0.05) is 34.5 Å². The molecule has 0 aliphatic carbocycles. The molecule has 31 heavy (non-hydrogen) atoms. The molecule has 3 rings (SSSR count). The molecule has 0 aliphatic heterocycles. The lowest BCUT2D eigenvalue weighted by Gasteiger charge is -2.08. The first-order chi connectivity index (χ1) is 14.8. The van der Waals surface area contributed by atoms with Crippen LogP contribution in [0.1, 0.15) is 31.8 Å². The number of hydrazone groups is 1. The Balaban J connectivity index is 1.62. The molecule has 9 nitrogen and oxygen atoms in total. The van der Waals surface area contributed by atoms with Gasteiger partial charge in [-0.05, 0) is 48.9 Å². The van der Waals surface area contributed by atoms with Crippen LogP contribution in [-0.4, -0.2) is 28.1 Å². The maximum absolute atomic E-state index is 12.4. The molecule has 0 radical (unpaired) electrons. The summed E-state index contributed by atoms with van der Waals surface area (Å²) in [5.41, 5.74) is 4.37. The van der Waals surface area contributed by atoms with Crippen LogP contribution >= 0.6 is 0 Å². The average molecular weight is 418 g/mol. The molecule has 2 amide bonds. The Morgan fingerprint density at radius 3 is 2.42 bits per heavy atom. The summed E-state index contributed by atoms with van der Waals surface area (Å²) in [6.07, 6.45) is 1.11. The minimum Gasteiger partial charge on any atom is -0.507 e. The lowest BCUT2D eigenvalue weighted by molar-refractivity contribution is -0.384. The van der Waals surface area contributed by atoms with Gasteiger partial charge in [0.2, 0.25) is 0 Å². The van der Waals surface area contributed by atoms with E-state index in [1.165, 1.54) is 18.2 Å². The van der Waals surface area contributed by atoms with Gasteiger partial charge in [-0.3, -0.25) is 19.7 Å². The van der Waals surface area contributed by atoms with Crippen molar-refractivity contribution in [2.75, 3.05) is 5.32 Å². The minimum atomic E-state index is -0.602. The standard InChI is InChI=1S/C22H18N4O5/c1-14-4-2-3-5-19(14)22(29)24-17-8-6-15(7-9-17)21(28)25-23-13-16-12-18(26(30)31)10-11-20(16)27/h2-13,27H,1H3,(H,24,29)(H,25,28)/b23-13-. The second kappa shape index (κ2) is 9.31. The van der Waals surface area contributed by atoms with Gasteiger partial charge in [-0.15, -0.1) is 0 Å². The molecule has 0 aliphatic rings. The Morgan fingerprint density at radius 2 is 1.74 bits per heavy atom. The van der Waals surface area contributed by atoms with E-state index in [4.69, 9.17) is 0 Å². The number of carbonyl (C=O) groups excluding carboxylic acids is 2. The predicted octanol–water partition coefficient (Wildman–Crippen LogP) is 3.63. The molecule has 3 N–H and O–H groups in total. The Labute approximate surface area is 177 Å². The van der Waals surface area contributed by atoms with Crippen molar-refractivity contribution in [3.8, 4) is 5.75 Å². The Kier molecular flexibility index (Phi) is 6.36. The van der Waals surface area contributed by atoms with Crippen LogP contribution < -0.4 is 10.7 Å². The van der Waals surface area contributed by atoms with Crippen molar-refractivity contribution in [1.82, 2.24) is 5.43 Å². The highest BCUT2D eigenvalue weighted by Gasteiger charge is 2.11. The van der Waals surface area contributed by atoms with Gasteiger partial charge in [0.15, 0.2) is 0 Å². The lowest BCUT2D eigenvalue weighted by Crippen LogP contribution is -2.18. The highest BCUT2D eigenvalue weighted by atomic mass is 16.6. The van der Waals surface area contributed by atoms with E-state index in [0.29, 0.717) is 11.3 Å². The average Bonchev–Trinajstić information content (AvgIpc) is 2.75. The highest BCUT2D eigenvalue weighted by molar-refractivity contribution is 6.05. The van der Waals surface area contributed by atoms with Crippen molar-refractivity contribution < 1.29 is 19.6 Å². The number of nitro benzene ring substituents is 1. The zero-order valence-electron chi connectivity index (χ0n) is 16.4. The topological polar surface area (TPSA) is 134 Å². The van der Waals surface area contributed by atoms with Crippen LogP contribution in [0.25, 0.3) is 0 Å². The third kappa shape index (κ3) is 5.30. The predicted molar refractivity (Wildman–Crippen MR) is 115 cm³/mol. The number of benzene rings is 3. The minimum absolute atomic E-state index is 0.0868. The van der Waals surface area contributed by atoms with Crippen LogP contribution in [0.15, 0.2) is 71.8 Å². The molecule has 0 saturated heterocycles. The molecule has 0 saturated carbocycles. The van der Waals surface area contributed by atoms with E-state index in [2.05, 4.69) is 15.8 Å². The van der Waals surface area contributed by atoms with E-state index in [1.54, 1.807) is 24.3 Å². The number of amides is 2. The summed E-state index contributed by atoms with van der Waals surface area (Å²) < 4.78 is 0. The van der Waals surface area contributed by atoms with Crippen molar-refractivity contribution in [2.45, 2.75) is 6.92 Å². The Bertz CT molecular complexity index is 1170. The summed E-state index contributed by atoms with van der Waals surface area (Å²) in [6.45, 7) is 1.84. The maximum Gasteiger partial charge on any atom is 0.271 e. The highest BCUT2D eigenvalue weighted by Crippen LogP contribution is 2.21. The number of nitro groups is 1. The van der Waals surface area contributed by atoms with E-state index in [0.717, 1.165) is 23.9 Å². The molecule has 0 atom stereocenters. The molecule has 0 bridgehead atoms. The summed E-state index contributed by atoms with van der Waals surface area (Å²) in [5, 5.41) is 27.0. The van der Waals surface area contributed by atoms with Crippen molar-refractivity contribution in [1.29, 1.82) is 0 Å². The third-order valence-corrected chi connectivity index (χ3v) is 4.39. The first-order valence-corrected chi connectivity index (χ1v) is 9.13. The van der Waals surface area contributed by atoms with Crippen LogP contribution in [0.4, 0.5) is 11.4 Å². The third-order valence-electron chi connectivity index (χ3n) is 4.39. The molecule has 0 heterocycles. The van der Waals surface area contributed by atoms with Crippen LogP contribution in [0.5, 0.6) is 5.75 Å². The largest absolute Gasteiger partial charge is 0.507 e. The number of phenols is 1. The second-order valence-electron chi connectivity index (χ2n) is 6.55. The number of nitrogens with zero attached hydrogens (tertiary/aromatic N) is 2. The number of carbonyl (C=O) groups is 2. The van der Waals surface area contributed by atoms with E-state index in [-0.39, 0.29) is 28.5 Å². The molecule has 0 aromatic heterocycles. The second-order valence-corrected chi connectivity index (χ2v) is 6.55. The van der Waals surface area contributed by atoms with Gasteiger partial charge >= 0.3 is 0 Å². The molecular weight excluding hydrogens is 400 g/mol. The van der Waals surface area contributed by atoms with Gasteiger partial charge in [-0.2, -0.15) is 5.10 Å². The summed E-state index contributed by atoms with van der Waals surface area (Å²) in [7, 11) is 0. The molecule has 3 aromatic carbocycles. The van der Waals surface area contributed by atoms with Gasteiger partial charge in [0.25, 0.3) is 17.5 Å². The number of non-ortho nitro benzene ring substituents is 1. The van der Waals surface area contributed by atoms with E-state index >= 15 is 0 Å². The van der Waals surface area contributed by atoms with Gasteiger partial charge in [0.1, 0.15) is 5.75 Å². The smallest absolute Gasteiger partial charge is 0.271 e. The number of hydrogen-bond acceptors (Lipinski definition) is 6. The summed E-state index contributed by atoms with van der Waals surface area (Å²) in [6, 6.07) is 16.9. The zero-order valence-corrected chi connectivity index (χ0v) is 16.4. The van der Waals surface area contributed by atoms with Gasteiger partial charge in [0.05, 0.1) is 11.1 Å². The normalized spacial score (nSPS) is 10.6. The molecule has 0 fully saturated rings. The number of aryl methyl sites for hydroxylation is 1. The maximum atomic E-state index is 12.4. The fourth-order valence-corrected chi connectivity index (χ4v) is 2.71. The number of anilines is 1. The number of phenolic OH excluding ortho intramolecular Hbond substituents is 1. The van der Waals surface area contributed by atoms with Gasteiger partial charge in [-0.25, -0.2) is 5.43 Å². The van der Waals surface area contributed by atoms with Crippen molar-refractivity contribution >= 4 is 29.4 Å². The number of nitrogens with one attached hydrogen (secondary N) is 2. The summed E-state index contributed by atoms with van der Waals surface area (Å²) >= 11 is 0. The fraction of sp³-hybridized carbons (Fsp3) is 0.0455. The lowest BCUT2D eigenvalue weighted by atomic mass is 10.1. The first kappa shape index (κ1) is 21.2. The van der Waals surface area contributed by atoms with Crippen LogP contribution in [0.2, 0.25) is 0 Å². The van der Waals surface area contributed by atoms with Crippen LogP contribution in [0, 0.1) is 17.0 Å². The number of aromatic hydroxyl groups is 1. The fourth-order valence-electron chi connectivity index (χ4n) is 2.71. The molecule has 0 spiro atoms. The number of hydrogen-bond donors (Lipinski definition) is 3. The Hall–Kier alpha value is -4.53. The Morgan fingerprint density at radius 1 is 1.03 bits per heavy atom. The zero-order chi connectivity index (χ0) is 22.4. The van der Waals surface area contributed by atoms with E-state index in [9.17, 15) is 24.8 Å². The monoisotopic (exact) mass is 418 g/mol. The van der Waals surface area contributed by atoms with E-state index < -0.39 is 10.8 Å². The quantitative estimate of drug-likeness (QED) is 0.319. The van der Waals surface area contributed by atoms with E-state index in [1.807, 2.05) is 19.1 Å². The van der Waals surface area contributed by atoms with Crippen molar-refractivity contribution in [3.05, 3.63) is 99.1 Å². The SMILES string of the molecule is Cc1ccccc1C(=O)Nc1ccc(C(=O)N/N=C\c2cc([N+](=O)[O-])ccc2O)cc1. The first-order valence-electron chi connectivity index (χ1n) is 9.13. The summed E-state index contributed by atoms with van der Waals surface area (Å²) in [5.74, 6) is -0.994. The van der Waals surface area contributed by atoms with Crippen LogP contribution in [0.3, 0.4) is 0 Å². The molecule has 156 valence electrons. The van der Waals surface area contributed by atoms with Gasteiger partial charge in [-0.1, -0.05) is 18.2 Å².